The van der Waals surface area contributed by atoms with Crippen molar-refractivity contribution in [2.45, 2.75) is 18.8 Å². The third kappa shape index (κ3) is 2.33. The van der Waals surface area contributed by atoms with Crippen molar-refractivity contribution in [1.82, 2.24) is 9.88 Å². The number of primary amides is 1. The van der Waals surface area contributed by atoms with E-state index in [1.54, 1.807) is 18.2 Å². The number of nitrogens with two attached hydrogens (primary N) is 1. The Kier molecular flexibility index (Phi) is 2.98. The van der Waals surface area contributed by atoms with E-state index in [0.29, 0.717) is 17.0 Å². The summed E-state index contributed by atoms with van der Waals surface area (Å²) in [5.41, 5.74) is 7.17. The largest absolute Gasteiger partial charge is 0.440 e. The van der Waals surface area contributed by atoms with Gasteiger partial charge in [-0.05, 0) is 51.2 Å². The van der Waals surface area contributed by atoms with Crippen molar-refractivity contribution in [2.24, 2.45) is 5.73 Å². The van der Waals surface area contributed by atoms with Crippen LogP contribution in [0.4, 0.5) is 0 Å². The van der Waals surface area contributed by atoms with Gasteiger partial charge < -0.3 is 15.1 Å². The topological polar surface area (TPSA) is 72.4 Å². The Morgan fingerprint density at radius 2 is 2.16 bits per heavy atom. The normalized spacial score (nSPS) is 17.9. The van der Waals surface area contributed by atoms with Gasteiger partial charge in [0.2, 0.25) is 5.91 Å². The zero-order valence-electron chi connectivity index (χ0n) is 10.9. The Morgan fingerprint density at radius 1 is 1.42 bits per heavy atom. The molecule has 1 aromatic heterocycles. The van der Waals surface area contributed by atoms with Crippen molar-refractivity contribution in [3.8, 4) is 0 Å². The van der Waals surface area contributed by atoms with Crippen LogP contribution in [0.5, 0.6) is 0 Å². The number of benzene rings is 1. The van der Waals surface area contributed by atoms with Crippen LogP contribution in [0.1, 0.15) is 35.0 Å². The molecule has 5 heteroatoms. The lowest BCUT2D eigenvalue weighted by molar-refractivity contribution is 0.100. The van der Waals surface area contributed by atoms with Crippen molar-refractivity contribution >= 4 is 17.0 Å². The fourth-order valence-corrected chi connectivity index (χ4v) is 2.53. The molecule has 1 fully saturated rings. The van der Waals surface area contributed by atoms with Crippen LogP contribution < -0.4 is 5.73 Å². The van der Waals surface area contributed by atoms with E-state index >= 15 is 0 Å². The molecule has 5 nitrogen and oxygen atoms in total. The molecule has 19 heavy (non-hydrogen) atoms. The average Bonchev–Trinajstić information content (AvgIpc) is 2.82. The summed E-state index contributed by atoms with van der Waals surface area (Å²) in [7, 11) is 2.13. The third-order valence-electron chi connectivity index (χ3n) is 3.76. The highest BCUT2D eigenvalue weighted by molar-refractivity contribution is 5.95. The molecule has 3 rings (SSSR count). The summed E-state index contributed by atoms with van der Waals surface area (Å²) < 4.78 is 5.80. The summed E-state index contributed by atoms with van der Waals surface area (Å²) in [4.78, 5) is 18.0. The fraction of sp³-hybridized carbons (Fsp3) is 0.429. The first-order chi connectivity index (χ1) is 9.13. The van der Waals surface area contributed by atoms with Crippen molar-refractivity contribution in [1.29, 1.82) is 0 Å². The van der Waals surface area contributed by atoms with Gasteiger partial charge >= 0.3 is 0 Å². The average molecular weight is 259 g/mol. The smallest absolute Gasteiger partial charge is 0.248 e. The number of oxazole rings is 1. The van der Waals surface area contributed by atoms with Crippen LogP contribution in [0, 0.1) is 0 Å². The Labute approximate surface area is 111 Å². The highest BCUT2D eigenvalue weighted by Gasteiger charge is 2.23. The van der Waals surface area contributed by atoms with Crippen LogP contribution in [0.2, 0.25) is 0 Å². The fourth-order valence-electron chi connectivity index (χ4n) is 2.53. The van der Waals surface area contributed by atoms with Crippen LogP contribution in [-0.2, 0) is 0 Å². The molecule has 0 bridgehead atoms. The van der Waals surface area contributed by atoms with Crippen molar-refractivity contribution in [3.05, 3.63) is 29.7 Å². The first-order valence-corrected chi connectivity index (χ1v) is 6.52. The standard InChI is InChI=1S/C14H17N3O2/c1-17-6-4-9(5-7-17)14-16-11-8-10(13(15)18)2-3-12(11)19-14/h2-3,8-9H,4-7H2,1H3,(H2,15,18). The summed E-state index contributed by atoms with van der Waals surface area (Å²) >= 11 is 0. The van der Waals surface area contributed by atoms with Crippen molar-refractivity contribution in [2.75, 3.05) is 20.1 Å². The summed E-state index contributed by atoms with van der Waals surface area (Å²) in [6, 6.07) is 5.13. The van der Waals surface area contributed by atoms with Gasteiger partial charge in [0.1, 0.15) is 5.52 Å². The minimum atomic E-state index is -0.439. The van der Waals surface area contributed by atoms with E-state index in [4.69, 9.17) is 10.2 Å². The molecule has 1 aliphatic heterocycles. The zero-order chi connectivity index (χ0) is 13.4. The van der Waals surface area contributed by atoms with Crippen LogP contribution in [0.15, 0.2) is 22.6 Å². The number of piperidine rings is 1. The van der Waals surface area contributed by atoms with Crippen molar-refractivity contribution in [3.63, 3.8) is 0 Å². The molecule has 2 aromatic rings. The highest BCUT2D eigenvalue weighted by atomic mass is 16.3. The Morgan fingerprint density at radius 3 is 2.84 bits per heavy atom. The Balaban J connectivity index is 1.91. The van der Waals surface area contributed by atoms with E-state index in [-0.39, 0.29) is 0 Å². The number of nitrogens with zero attached hydrogens (tertiary/aromatic N) is 2. The van der Waals surface area contributed by atoms with Crippen LogP contribution in [0.25, 0.3) is 11.1 Å². The Hall–Kier alpha value is -1.88. The van der Waals surface area contributed by atoms with E-state index in [2.05, 4.69) is 16.9 Å². The number of carbonyl (C=O) groups is 1. The summed E-state index contributed by atoms with van der Waals surface area (Å²) in [6.07, 6.45) is 2.12. The number of carbonyl (C=O) groups excluding carboxylic acids is 1. The third-order valence-corrected chi connectivity index (χ3v) is 3.76. The van der Waals surface area contributed by atoms with Gasteiger partial charge in [-0.2, -0.15) is 0 Å². The molecule has 0 atom stereocenters. The molecule has 1 aliphatic rings. The van der Waals surface area contributed by atoms with Crippen molar-refractivity contribution < 1.29 is 9.21 Å². The lowest BCUT2D eigenvalue weighted by Crippen LogP contribution is -2.29. The quantitative estimate of drug-likeness (QED) is 0.891. The zero-order valence-corrected chi connectivity index (χ0v) is 10.9. The maximum atomic E-state index is 11.1. The van der Waals surface area contributed by atoms with Gasteiger partial charge in [-0.25, -0.2) is 4.98 Å². The maximum Gasteiger partial charge on any atom is 0.248 e. The minimum Gasteiger partial charge on any atom is -0.440 e. The van der Waals surface area contributed by atoms with Gasteiger partial charge in [-0.1, -0.05) is 0 Å². The molecule has 2 N–H and O–H groups in total. The number of fused-ring (bicyclic) bond motifs is 1. The molecule has 1 amide bonds. The first kappa shape index (κ1) is 12.2. The molecule has 0 saturated carbocycles. The van der Waals surface area contributed by atoms with Gasteiger partial charge in [0.15, 0.2) is 11.5 Å². The molecular weight excluding hydrogens is 242 g/mol. The molecule has 0 aliphatic carbocycles. The molecule has 0 radical (unpaired) electrons. The van der Waals surface area contributed by atoms with Gasteiger partial charge in [-0.15, -0.1) is 0 Å². The summed E-state index contributed by atoms with van der Waals surface area (Å²) in [5, 5.41) is 0. The van der Waals surface area contributed by atoms with Crippen LogP contribution in [0.3, 0.4) is 0 Å². The molecular formula is C14H17N3O2. The molecule has 0 unspecified atom stereocenters. The van der Waals surface area contributed by atoms with E-state index < -0.39 is 5.91 Å². The molecule has 0 spiro atoms. The van der Waals surface area contributed by atoms with Gasteiger partial charge in [0.05, 0.1) is 0 Å². The molecule has 2 heterocycles. The number of hydrogen-bond donors (Lipinski definition) is 1. The minimum absolute atomic E-state index is 0.376. The number of amides is 1. The van der Waals surface area contributed by atoms with E-state index in [9.17, 15) is 4.79 Å². The number of hydrogen-bond acceptors (Lipinski definition) is 4. The van der Waals surface area contributed by atoms with Crippen LogP contribution in [-0.4, -0.2) is 35.9 Å². The predicted molar refractivity (Wildman–Crippen MR) is 72.0 cm³/mol. The SMILES string of the molecule is CN1CCC(c2nc3cc(C(N)=O)ccc3o2)CC1. The van der Waals surface area contributed by atoms with Gasteiger partial charge in [0, 0.05) is 11.5 Å². The number of aromatic nitrogens is 1. The first-order valence-electron chi connectivity index (χ1n) is 6.52. The summed E-state index contributed by atoms with van der Waals surface area (Å²) in [5.74, 6) is 0.719. The van der Waals surface area contributed by atoms with E-state index in [1.165, 1.54) is 0 Å². The Bertz CT molecular complexity index is 612. The second-order valence-corrected chi connectivity index (χ2v) is 5.18. The maximum absolute atomic E-state index is 11.1. The van der Waals surface area contributed by atoms with Gasteiger partial charge in [-0.3, -0.25) is 4.79 Å². The second-order valence-electron chi connectivity index (χ2n) is 5.18. The monoisotopic (exact) mass is 259 g/mol. The predicted octanol–water partition coefficient (Wildman–Crippen LogP) is 1.74. The van der Waals surface area contributed by atoms with E-state index in [0.717, 1.165) is 37.4 Å². The molecule has 1 aromatic carbocycles. The van der Waals surface area contributed by atoms with E-state index in [1.807, 2.05) is 0 Å². The lowest BCUT2D eigenvalue weighted by atomic mass is 9.97. The lowest BCUT2D eigenvalue weighted by Gasteiger charge is -2.26. The number of rotatable bonds is 2. The summed E-state index contributed by atoms with van der Waals surface area (Å²) in [6.45, 7) is 2.13. The number of likely N-dealkylation sites (tertiary alicyclic amines) is 1. The molecule has 100 valence electrons. The highest BCUT2D eigenvalue weighted by Crippen LogP contribution is 2.29. The second kappa shape index (κ2) is 4.66. The van der Waals surface area contributed by atoms with Gasteiger partial charge in [0.25, 0.3) is 0 Å². The molecule has 1 saturated heterocycles. The van der Waals surface area contributed by atoms with Crippen LogP contribution >= 0.6 is 0 Å².